The van der Waals surface area contributed by atoms with E-state index in [4.69, 9.17) is 21.1 Å². The van der Waals surface area contributed by atoms with Gasteiger partial charge in [0.15, 0.2) is 0 Å². The van der Waals surface area contributed by atoms with Gasteiger partial charge in [-0.05, 0) is 97.3 Å². The van der Waals surface area contributed by atoms with E-state index in [1.807, 2.05) is 21.0 Å². The zero-order chi connectivity index (χ0) is 28.5. The maximum atomic E-state index is 12.8. The Balaban J connectivity index is 1.34. The van der Waals surface area contributed by atoms with Gasteiger partial charge in [-0.2, -0.15) is 5.26 Å². The lowest BCUT2D eigenvalue weighted by Crippen LogP contribution is -2.66. The molecule has 2 heterocycles. The Morgan fingerprint density at radius 3 is 2.67 bits per heavy atom. The molecule has 2 aliphatic heterocycles. The van der Waals surface area contributed by atoms with Crippen molar-refractivity contribution >= 4 is 17.5 Å². The third kappa shape index (κ3) is 9.00. The van der Waals surface area contributed by atoms with Crippen LogP contribution >= 0.6 is 11.6 Å². The number of hydrogen-bond acceptors (Lipinski definition) is 8. The molecule has 4 rings (SSSR count). The maximum absolute atomic E-state index is 12.8. The van der Waals surface area contributed by atoms with Gasteiger partial charge in [0.25, 0.3) is 0 Å². The monoisotopic (exact) mass is 580 g/mol. The van der Waals surface area contributed by atoms with Crippen molar-refractivity contribution in [1.82, 2.24) is 26.2 Å². The van der Waals surface area contributed by atoms with Crippen molar-refractivity contribution < 1.29 is 14.3 Å². The first-order chi connectivity index (χ1) is 19.4. The lowest BCUT2D eigenvalue weighted by molar-refractivity contribution is -0.124. The molecule has 0 radical (unpaired) electrons. The number of carbonyl (C=O) groups is 1. The molecule has 0 spiro atoms. The van der Waals surface area contributed by atoms with Crippen LogP contribution in [0.2, 0.25) is 0 Å². The van der Waals surface area contributed by atoms with Gasteiger partial charge in [0.1, 0.15) is 0 Å². The summed E-state index contributed by atoms with van der Waals surface area (Å²) >= 11 is 6.89. The number of fused-ring (bicyclic) bond motifs is 1. The number of nitrogens with one attached hydrogen (secondary N) is 4. The minimum Gasteiger partial charge on any atom is -0.376 e. The van der Waals surface area contributed by atoms with Crippen LogP contribution in [-0.4, -0.2) is 106 Å². The van der Waals surface area contributed by atoms with E-state index in [0.717, 1.165) is 64.8 Å². The Kier molecular flexibility index (Phi) is 12.8. The van der Waals surface area contributed by atoms with Crippen LogP contribution in [0.1, 0.15) is 64.7 Å². The first-order valence-electron chi connectivity index (χ1n) is 15.8. The molecule has 9 nitrogen and oxygen atoms in total. The zero-order valence-electron chi connectivity index (χ0n) is 24.9. The summed E-state index contributed by atoms with van der Waals surface area (Å²) in [6, 6.07) is 3.11. The SMILES string of the molecule is CCOC1CC2NCC(C#N)C(NC3CCC(OCC4CCCNC4)C(Cl)C3)C2CC1NC(=O)CCCN(C)C. The van der Waals surface area contributed by atoms with Gasteiger partial charge in [0.2, 0.25) is 5.91 Å². The molecule has 0 aromatic heterocycles. The number of alkyl halides is 1. The smallest absolute Gasteiger partial charge is 0.220 e. The number of piperidine rings is 2. The molecule has 10 unspecified atom stereocenters. The molecular weight excluding hydrogens is 528 g/mol. The largest absolute Gasteiger partial charge is 0.376 e. The van der Waals surface area contributed by atoms with E-state index in [-0.39, 0.29) is 59.5 Å². The molecule has 0 bridgehead atoms. The summed E-state index contributed by atoms with van der Waals surface area (Å²) in [5.74, 6) is 0.795. The summed E-state index contributed by atoms with van der Waals surface area (Å²) < 4.78 is 12.4. The predicted octanol–water partition coefficient (Wildman–Crippen LogP) is 2.24. The molecule has 2 saturated carbocycles. The van der Waals surface area contributed by atoms with Gasteiger partial charge in [0, 0.05) is 44.2 Å². The maximum Gasteiger partial charge on any atom is 0.220 e. The van der Waals surface area contributed by atoms with Gasteiger partial charge in [-0.3, -0.25) is 4.79 Å². The van der Waals surface area contributed by atoms with Crippen LogP contribution in [0.25, 0.3) is 0 Å². The first-order valence-corrected chi connectivity index (χ1v) is 16.2. The fraction of sp³-hybridized carbons (Fsp3) is 0.933. The van der Waals surface area contributed by atoms with E-state index in [0.29, 0.717) is 25.5 Å². The van der Waals surface area contributed by atoms with Crippen LogP contribution in [0.3, 0.4) is 0 Å². The summed E-state index contributed by atoms with van der Waals surface area (Å²) in [4.78, 5) is 14.9. The molecular formula is C30H53ClN6O3. The van der Waals surface area contributed by atoms with E-state index < -0.39 is 0 Å². The van der Waals surface area contributed by atoms with Gasteiger partial charge in [0.05, 0.1) is 42.2 Å². The topological polar surface area (TPSA) is 111 Å². The molecule has 4 N–H and O–H groups in total. The quantitative estimate of drug-likeness (QED) is 0.260. The average Bonchev–Trinajstić information content (AvgIpc) is 2.94. The van der Waals surface area contributed by atoms with Gasteiger partial charge in [-0.1, -0.05) is 0 Å². The van der Waals surface area contributed by atoms with Crippen LogP contribution in [0.15, 0.2) is 0 Å². The van der Waals surface area contributed by atoms with Crippen molar-refractivity contribution in [3.8, 4) is 6.07 Å². The van der Waals surface area contributed by atoms with Crippen LogP contribution < -0.4 is 21.3 Å². The van der Waals surface area contributed by atoms with Crippen LogP contribution in [0.5, 0.6) is 0 Å². The zero-order valence-corrected chi connectivity index (χ0v) is 25.6. The number of halogens is 1. The van der Waals surface area contributed by atoms with E-state index in [1.165, 1.54) is 12.8 Å². The minimum absolute atomic E-state index is 0.0185. The average molecular weight is 581 g/mol. The number of nitrogens with zero attached hydrogens (tertiary/aromatic N) is 2. The fourth-order valence-electron chi connectivity index (χ4n) is 7.31. The molecule has 10 atom stereocenters. The van der Waals surface area contributed by atoms with E-state index in [9.17, 15) is 10.1 Å². The van der Waals surface area contributed by atoms with Gasteiger partial charge >= 0.3 is 0 Å². The molecule has 2 aliphatic carbocycles. The Hall–Kier alpha value is -0.990. The Bertz CT molecular complexity index is 822. The lowest BCUT2D eigenvalue weighted by Gasteiger charge is -2.50. The number of rotatable bonds is 12. The van der Waals surface area contributed by atoms with Crippen molar-refractivity contribution in [2.75, 3.05) is 53.5 Å². The van der Waals surface area contributed by atoms with E-state index in [1.54, 1.807) is 0 Å². The van der Waals surface area contributed by atoms with Crippen LogP contribution in [0, 0.1) is 29.1 Å². The second-order valence-electron chi connectivity index (χ2n) is 12.8. The molecule has 40 heavy (non-hydrogen) atoms. The lowest BCUT2D eigenvalue weighted by atomic mass is 9.69. The van der Waals surface area contributed by atoms with Gasteiger partial charge in [-0.15, -0.1) is 11.6 Å². The van der Waals surface area contributed by atoms with Crippen molar-refractivity contribution in [2.45, 2.75) is 106 Å². The summed E-state index contributed by atoms with van der Waals surface area (Å²) in [7, 11) is 4.06. The second-order valence-corrected chi connectivity index (χ2v) is 13.3. The Labute approximate surface area is 246 Å². The Morgan fingerprint density at radius 2 is 1.98 bits per heavy atom. The summed E-state index contributed by atoms with van der Waals surface area (Å²) in [6.45, 7) is 7.15. The number of ether oxygens (including phenoxy) is 2. The predicted molar refractivity (Wildman–Crippen MR) is 158 cm³/mol. The molecule has 10 heteroatoms. The molecule has 0 aromatic rings. The van der Waals surface area contributed by atoms with Crippen molar-refractivity contribution in [1.29, 1.82) is 5.26 Å². The van der Waals surface area contributed by atoms with Gasteiger partial charge in [-0.25, -0.2) is 0 Å². The number of nitriles is 1. The molecule has 228 valence electrons. The van der Waals surface area contributed by atoms with Crippen molar-refractivity contribution in [3.63, 3.8) is 0 Å². The number of hydrogen-bond donors (Lipinski definition) is 4. The Morgan fingerprint density at radius 1 is 1.12 bits per heavy atom. The van der Waals surface area contributed by atoms with Crippen molar-refractivity contribution in [2.24, 2.45) is 17.8 Å². The van der Waals surface area contributed by atoms with E-state index >= 15 is 0 Å². The number of carbonyl (C=O) groups excluding carboxylic acids is 1. The normalized spacial score (nSPS) is 38.4. The van der Waals surface area contributed by atoms with Gasteiger partial charge < -0.3 is 35.6 Å². The minimum atomic E-state index is -0.122. The third-order valence-electron chi connectivity index (χ3n) is 9.46. The molecule has 0 aromatic carbocycles. The molecule has 2 saturated heterocycles. The molecule has 4 aliphatic rings. The highest BCUT2D eigenvalue weighted by Gasteiger charge is 2.47. The summed E-state index contributed by atoms with van der Waals surface area (Å²) in [6.07, 6.45) is 8.32. The second kappa shape index (κ2) is 16.0. The summed E-state index contributed by atoms with van der Waals surface area (Å²) in [5.41, 5.74) is 0. The highest BCUT2D eigenvalue weighted by molar-refractivity contribution is 6.21. The van der Waals surface area contributed by atoms with Crippen LogP contribution in [0.4, 0.5) is 0 Å². The van der Waals surface area contributed by atoms with E-state index in [2.05, 4.69) is 32.2 Å². The molecule has 1 amide bonds. The first kappa shape index (κ1) is 31.9. The van der Waals surface area contributed by atoms with Crippen LogP contribution in [-0.2, 0) is 14.3 Å². The fourth-order valence-corrected chi connectivity index (χ4v) is 7.72. The highest BCUT2D eigenvalue weighted by atomic mass is 35.5. The standard InChI is InChI=1S/C30H53ClN6O3/c1-4-39-28-15-25-23(14-26(28)36-29(38)8-6-12-37(2)3)30(21(16-32)18-34-25)35-22-9-10-27(24(31)13-22)40-19-20-7-5-11-33-17-20/h20-28,30,33-35H,4-15,17-19H2,1-3H3,(H,36,38). The number of amides is 1. The molecule has 4 fully saturated rings. The van der Waals surface area contributed by atoms with Crippen molar-refractivity contribution in [3.05, 3.63) is 0 Å². The highest BCUT2D eigenvalue weighted by Crippen LogP contribution is 2.36. The summed E-state index contributed by atoms with van der Waals surface area (Å²) in [5, 5.41) is 24.4. The third-order valence-corrected chi connectivity index (χ3v) is 9.92.